The van der Waals surface area contributed by atoms with Gasteiger partial charge >= 0.3 is 0 Å². The van der Waals surface area contributed by atoms with Gasteiger partial charge in [-0.25, -0.2) is 4.39 Å². The smallest absolute Gasteiger partial charge is 0.123 e. The van der Waals surface area contributed by atoms with Crippen molar-refractivity contribution < 1.29 is 4.39 Å². The summed E-state index contributed by atoms with van der Waals surface area (Å²) < 4.78 is 15.4. The van der Waals surface area contributed by atoms with Crippen molar-refractivity contribution in [2.45, 2.75) is 39.5 Å². The molecule has 0 aliphatic heterocycles. The molecule has 0 fully saturated rings. The van der Waals surface area contributed by atoms with Gasteiger partial charge in [-0.1, -0.05) is 12.1 Å². The number of aryl methyl sites for hydroxylation is 2. The molecule has 0 unspecified atom stereocenters. The molecule has 2 heterocycles. The Kier molecular flexibility index (Phi) is 5.09. The summed E-state index contributed by atoms with van der Waals surface area (Å²) in [5.74, 6) is -0.324. The molecule has 0 N–H and O–H groups in total. The maximum absolute atomic E-state index is 13.2. The molecule has 0 atom stereocenters. The van der Waals surface area contributed by atoms with E-state index >= 15 is 0 Å². The first-order valence-electron chi connectivity index (χ1n) is 9.65. The van der Waals surface area contributed by atoms with Crippen LogP contribution in [-0.2, 0) is 12.8 Å². The minimum Gasteiger partial charge on any atom is -0.308 e. The van der Waals surface area contributed by atoms with Gasteiger partial charge in [-0.2, -0.15) is 10.5 Å². The van der Waals surface area contributed by atoms with Crippen molar-refractivity contribution in [1.82, 2.24) is 4.57 Å². The number of hydrogen-bond donors (Lipinski definition) is 0. The van der Waals surface area contributed by atoms with Gasteiger partial charge in [0.05, 0.1) is 17.2 Å². The summed E-state index contributed by atoms with van der Waals surface area (Å²) >= 11 is 1.72. The third-order valence-corrected chi connectivity index (χ3v) is 6.79. The van der Waals surface area contributed by atoms with Crippen molar-refractivity contribution in [1.29, 1.82) is 10.5 Å². The third-order valence-electron chi connectivity index (χ3n) is 5.51. The number of aromatic nitrogens is 1. The molecule has 2 aromatic heterocycles. The Morgan fingerprint density at radius 2 is 1.86 bits per heavy atom. The molecule has 1 aromatic carbocycles. The van der Waals surface area contributed by atoms with Gasteiger partial charge in [0.15, 0.2) is 0 Å². The maximum Gasteiger partial charge on any atom is 0.123 e. The minimum absolute atomic E-state index is 0.324. The topological polar surface area (TPSA) is 52.5 Å². The van der Waals surface area contributed by atoms with E-state index in [1.54, 1.807) is 23.5 Å². The Labute approximate surface area is 174 Å². The number of nitrogens with zero attached hydrogens (tertiary/aromatic N) is 3. The first kappa shape index (κ1) is 19.2. The lowest BCUT2D eigenvalue weighted by atomic mass is 9.96. The van der Waals surface area contributed by atoms with Crippen LogP contribution >= 0.6 is 11.3 Å². The van der Waals surface area contributed by atoms with Crippen molar-refractivity contribution in [2.75, 3.05) is 0 Å². The van der Waals surface area contributed by atoms with Crippen LogP contribution in [0.2, 0.25) is 0 Å². The fourth-order valence-corrected chi connectivity index (χ4v) is 5.49. The molecule has 4 rings (SSSR count). The molecule has 0 saturated heterocycles. The molecule has 5 heteroatoms. The number of rotatable bonds is 3. The SMILES string of the molecule is Cc1cc(/C=C(/C#N)c2ccc(F)cc2)c(C)n1-c1sc2c(c1C#N)CCCC2. The number of halogens is 1. The molecule has 3 nitrogen and oxygen atoms in total. The van der Waals surface area contributed by atoms with Crippen LogP contribution in [0, 0.1) is 42.3 Å². The number of nitriles is 2. The molecule has 3 aromatic rings. The molecule has 1 aliphatic carbocycles. The number of allylic oxidation sites excluding steroid dienone is 1. The summed E-state index contributed by atoms with van der Waals surface area (Å²) in [4.78, 5) is 1.33. The van der Waals surface area contributed by atoms with E-state index in [4.69, 9.17) is 0 Å². The molecule has 0 radical (unpaired) electrons. The highest BCUT2D eigenvalue weighted by molar-refractivity contribution is 7.15. The normalized spacial score (nSPS) is 13.6. The summed E-state index contributed by atoms with van der Waals surface area (Å²) in [5.41, 5.74) is 6.12. The number of thiophene rings is 1. The fraction of sp³-hybridized carbons (Fsp3) is 0.250. The predicted molar refractivity (Wildman–Crippen MR) is 114 cm³/mol. The summed E-state index contributed by atoms with van der Waals surface area (Å²) in [7, 11) is 0. The third kappa shape index (κ3) is 3.39. The molecular weight excluding hydrogens is 381 g/mol. The first-order valence-corrected chi connectivity index (χ1v) is 10.5. The Bertz CT molecular complexity index is 1200. The van der Waals surface area contributed by atoms with Crippen molar-refractivity contribution in [3.05, 3.63) is 74.7 Å². The van der Waals surface area contributed by atoms with Gasteiger partial charge in [0.1, 0.15) is 16.9 Å². The van der Waals surface area contributed by atoms with Crippen LogP contribution in [-0.4, -0.2) is 4.57 Å². The standard InChI is InChI=1S/C24H20FN3S/c1-15-11-18(12-19(13-26)17-7-9-20(25)10-8-17)16(2)28(15)24-22(14-27)21-5-3-4-6-23(21)29-24/h7-12H,3-6H2,1-2H3/b19-12-. The van der Waals surface area contributed by atoms with E-state index in [0.29, 0.717) is 11.1 Å². The van der Waals surface area contributed by atoms with Crippen molar-refractivity contribution in [2.24, 2.45) is 0 Å². The average Bonchev–Trinajstić information content (AvgIpc) is 3.22. The Morgan fingerprint density at radius 3 is 2.55 bits per heavy atom. The second kappa shape index (κ2) is 7.70. The largest absolute Gasteiger partial charge is 0.308 e. The van der Waals surface area contributed by atoms with Gasteiger partial charge in [0.25, 0.3) is 0 Å². The molecule has 1 aliphatic rings. The fourth-order valence-electron chi connectivity index (χ4n) is 4.04. The van der Waals surface area contributed by atoms with Crippen LogP contribution in [0.3, 0.4) is 0 Å². The molecule has 144 valence electrons. The van der Waals surface area contributed by atoms with Crippen LogP contribution in [0.15, 0.2) is 30.3 Å². The van der Waals surface area contributed by atoms with E-state index < -0.39 is 0 Å². The highest BCUT2D eigenvalue weighted by Gasteiger charge is 2.23. The van der Waals surface area contributed by atoms with E-state index in [9.17, 15) is 14.9 Å². The highest BCUT2D eigenvalue weighted by atomic mass is 32.1. The van der Waals surface area contributed by atoms with Gasteiger partial charge in [-0.05, 0) is 80.5 Å². The minimum atomic E-state index is -0.324. The van der Waals surface area contributed by atoms with Crippen LogP contribution in [0.5, 0.6) is 0 Å². The number of hydrogen-bond acceptors (Lipinski definition) is 3. The van der Waals surface area contributed by atoms with E-state index in [1.165, 1.54) is 29.0 Å². The highest BCUT2D eigenvalue weighted by Crippen LogP contribution is 2.38. The average molecular weight is 402 g/mol. The quantitative estimate of drug-likeness (QED) is 0.497. The van der Waals surface area contributed by atoms with E-state index in [2.05, 4.69) is 16.7 Å². The Hall–Kier alpha value is -3.15. The molecule has 29 heavy (non-hydrogen) atoms. The van der Waals surface area contributed by atoms with E-state index in [1.807, 2.05) is 26.0 Å². The molecule has 0 saturated carbocycles. The van der Waals surface area contributed by atoms with Gasteiger partial charge in [0.2, 0.25) is 0 Å². The Morgan fingerprint density at radius 1 is 1.14 bits per heavy atom. The summed E-state index contributed by atoms with van der Waals surface area (Å²) in [5, 5.41) is 20.4. The van der Waals surface area contributed by atoms with Gasteiger partial charge < -0.3 is 4.57 Å². The van der Waals surface area contributed by atoms with Crippen molar-refractivity contribution in [3.8, 4) is 17.1 Å². The monoisotopic (exact) mass is 401 g/mol. The van der Waals surface area contributed by atoms with Crippen LogP contribution in [0.4, 0.5) is 4.39 Å². The van der Waals surface area contributed by atoms with Gasteiger partial charge in [0, 0.05) is 16.3 Å². The lowest BCUT2D eigenvalue weighted by Crippen LogP contribution is -2.02. The summed E-state index contributed by atoms with van der Waals surface area (Å²) in [6.45, 7) is 4.03. The summed E-state index contributed by atoms with van der Waals surface area (Å²) in [6.07, 6.45) is 6.18. The molecule has 0 bridgehead atoms. The first-order chi connectivity index (χ1) is 14.0. The van der Waals surface area contributed by atoms with Gasteiger partial charge in [-0.3, -0.25) is 0 Å². The van der Waals surface area contributed by atoms with Crippen LogP contribution in [0.1, 0.15) is 51.4 Å². The predicted octanol–water partition coefficient (Wildman–Crippen LogP) is 6.11. The maximum atomic E-state index is 13.2. The summed E-state index contributed by atoms with van der Waals surface area (Å²) in [6, 6.07) is 12.6. The molecular formula is C24H20FN3S. The van der Waals surface area contributed by atoms with Crippen LogP contribution < -0.4 is 0 Å². The number of fused-ring (bicyclic) bond motifs is 1. The lowest BCUT2D eigenvalue weighted by Gasteiger charge is -2.10. The molecule has 0 amide bonds. The zero-order valence-corrected chi connectivity index (χ0v) is 17.2. The van der Waals surface area contributed by atoms with E-state index in [0.717, 1.165) is 46.8 Å². The zero-order valence-electron chi connectivity index (χ0n) is 16.4. The number of benzene rings is 1. The second-order valence-electron chi connectivity index (χ2n) is 7.34. The second-order valence-corrected chi connectivity index (χ2v) is 8.43. The van der Waals surface area contributed by atoms with Gasteiger partial charge in [-0.15, -0.1) is 11.3 Å². The van der Waals surface area contributed by atoms with Crippen LogP contribution in [0.25, 0.3) is 16.7 Å². The van der Waals surface area contributed by atoms with Crippen molar-refractivity contribution >= 4 is 23.0 Å². The Balaban J connectivity index is 1.82. The lowest BCUT2D eigenvalue weighted by molar-refractivity contribution is 0.627. The molecule has 0 spiro atoms. The van der Waals surface area contributed by atoms with Crippen molar-refractivity contribution in [3.63, 3.8) is 0 Å². The van der Waals surface area contributed by atoms with E-state index in [-0.39, 0.29) is 5.82 Å². The zero-order chi connectivity index (χ0) is 20.5.